The van der Waals surface area contributed by atoms with E-state index in [1.807, 2.05) is 18.4 Å². The van der Waals surface area contributed by atoms with Gasteiger partial charge in [0.25, 0.3) is 0 Å². The van der Waals surface area contributed by atoms with Crippen molar-refractivity contribution in [3.05, 3.63) is 44.9 Å². The summed E-state index contributed by atoms with van der Waals surface area (Å²) >= 11 is 7.55. The Morgan fingerprint density at radius 2 is 2.36 bits per heavy atom. The van der Waals surface area contributed by atoms with E-state index < -0.39 is 6.10 Å². The zero-order valence-electron chi connectivity index (χ0n) is 7.62. The Bertz CT molecular complexity index is 421. The van der Waals surface area contributed by atoms with Gasteiger partial charge >= 0.3 is 0 Å². The normalized spacial score (nSPS) is 13.1. The molecule has 2 aromatic rings. The third-order valence-electron chi connectivity index (χ3n) is 2.11. The zero-order valence-corrected chi connectivity index (χ0v) is 9.19. The van der Waals surface area contributed by atoms with Crippen molar-refractivity contribution >= 4 is 22.9 Å². The van der Waals surface area contributed by atoms with Crippen LogP contribution >= 0.6 is 22.9 Å². The third kappa shape index (κ3) is 1.59. The molecule has 2 N–H and O–H groups in total. The van der Waals surface area contributed by atoms with Crippen LogP contribution in [0.3, 0.4) is 0 Å². The van der Waals surface area contributed by atoms with Crippen LogP contribution < -0.4 is 0 Å². The van der Waals surface area contributed by atoms with Crippen LogP contribution in [0.4, 0.5) is 0 Å². The molecule has 0 bridgehead atoms. The number of H-pyrrole nitrogens is 1. The molecule has 0 aliphatic carbocycles. The standard InChI is InChI=1S/C10H10ClNOS/c1-6-5-14-10(8(6)11)9(13)7-2-3-12-4-7/h2-5,9,12-13H,1H3. The molecule has 1 unspecified atom stereocenters. The van der Waals surface area contributed by atoms with Gasteiger partial charge in [0.1, 0.15) is 6.10 Å². The molecule has 2 aromatic heterocycles. The van der Waals surface area contributed by atoms with Crippen molar-refractivity contribution in [2.24, 2.45) is 0 Å². The summed E-state index contributed by atoms with van der Waals surface area (Å²) in [7, 11) is 0. The van der Waals surface area contributed by atoms with E-state index in [1.54, 1.807) is 12.4 Å². The van der Waals surface area contributed by atoms with Crippen molar-refractivity contribution < 1.29 is 5.11 Å². The lowest BCUT2D eigenvalue weighted by atomic mass is 10.1. The van der Waals surface area contributed by atoms with Gasteiger partial charge in [-0.1, -0.05) is 11.6 Å². The molecule has 4 heteroatoms. The van der Waals surface area contributed by atoms with Crippen LogP contribution in [-0.2, 0) is 0 Å². The highest BCUT2D eigenvalue weighted by Crippen LogP contribution is 2.35. The van der Waals surface area contributed by atoms with Gasteiger partial charge in [-0.2, -0.15) is 0 Å². The Balaban J connectivity index is 2.36. The highest BCUT2D eigenvalue weighted by atomic mass is 35.5. The molecule has 0 aliphatic heterocycles. The molecule has 0 amide bonds. The topological polar surface area (TPSA) is 36.0 Å². The molecular formula is C10H10ClNOS. The molecule has 0 aromatic carbocycles. The lowest BCUT2D eigenvalue weighted by molar-refractivity contribution is 0.224. The van der Waals surface area contributed by atoms with E-state index >= 15 is 0 Å². The fourth-order valence-corrected chi connectivity index (χ4v) is 2.60. The first-order valence-corrected chi connectivity index (χ1v) is 5.50. The molecule has 0 radical (unpaired) electrons. The fraction of sp³-hybridized carbons (Fsp3) is 0.200. The van der Waals surface area contributed by atoms with Crippen LogP contribution in [0.25, 0.3) is 0 Å². The zero-order chi connectivity index (χ0) is 10.1. The first kappa shape index (κ1) is 9.77. The maximum absolute atomic E-state index is 9.98. The summed E-state index contributed by atoms with van der Waals surface area (Å²) in [5, 5.41) is 12.6. The average Bonchev–Trinajstić information content (AvgIpc) is 2.77. The lowest BCUT2D eigenvalue weighted by Crippen LogP contribution is -1.95. The minimum atomic E-state index is -0.618. The van der Waals surface area contributed by atoms with E-state index in [9.17, 15) is 5.11 Å². The van der Waals surface area contributed by atoms with Crippen molar-refractivity contribution in [1.29, 1.82) is 0 Å². The number of halogens is 1. The molecule has 2 heterocycles. The Hall–Kier alpha value is -0.770. The van der Waals surface area contributed by atoms with E-state index in [0.717, 1.165) is 16.0 Å². The van der Waals surface area contributed by atoms with E-state index in [2.05, 4.69) is 4.98 Å². The molecule has 0 saturated carbocycles. The Labute approximate surface area is 91.2 Å². The predicted octanol–water partition coefficient (Wildman–Crippen LogP) is 3.12. The molecular weight excluding hydrogens is 218 g/mol. The number of thiophene rings is 1. The van der Waals surface area contributed by atoms with Crippen molar-refractivity contribution in [3.63, 3.8) is 0 Å². The highest BCUT2D eigenvalue weighted by molar-refractivity contribution is 7.10. The summed E-state index contributed by atoms with van der Waals surface area (Å²) in [6, 6.07) is 1.84. The minimum absolute atomic E-state index is 0.618. The van der Waals surface area contributed by atoms with E-state index in [1.165, 1.54) is 11.3 Å². The van der Waals surface area contributed by atoms with Gasteiger partial charge in [0, 0.05) is 18.0 Å². The maximum atomic E-state index is 9.98. The lowest BCUT2D eigenvalue weighted by Gasteiger charge is -2.06. The molecule has 0 fully saturated rings. The SMILES string of the molecule is Cc1csc(C(O)c2cc[nH]c2)c1Cl. The second-order valence-corrected chi connectivity index (χ2v) is 4.43. The minimum Gasteiger partial charge on any atom is -0.383 e. The largest absolute Gasteiger partial charge is 0.383 e. The second kappa shape index (κ2) is 3.77. The Morgan fingerprint density at radius 1 is 1.57 bits per heavy atom. The van der Waals surface area contributed by atoms with Gasteiger partial charge in [0.05, 0.1) is 9.90 Å². The number of aliphatic hydroxyl groups is 1. The average molecular weight is 228 g/mol. The first-order valence-electron chi connectivity index (χ1n) is 4.24. The Kier molecular flexibility index (Phi) is 2.63. The summed E-state index contributed by atoms with van der Waals surface area (Å²) < 4.78 is 0. The number of nitrogens with one attached hydrogen (secondary N) is 1. The molecule has 0 aliphatic rings. The van der Waals surface area contributed by atoms with E-state index in [-0.39, 0.29) is 0 Å². The number of hydrogen-bond donors (Lipinski definition) is 2. The summed E-state index contributed by atoms with van der Waals surface area (Å²) in [5.41, 5.74) is 1.86. The van der Waals surface area contributed by atoms with Crippen LogP contribution in [0, 0.1) is 6.92 Å². The van der Waals surface area contributed by atoms with Gasteiger partial charge in [0.2, 0.25) is 0 Å². The summed E-state index contributed by atoms with van der Waals surface area (Å²) in [6.45, 7) is 1.94. The molecule has 0 spiro atoms. The fourth-order valence-electron chi connectivity index (χ4n) is 1.29. The van der Waals surface area contributed by atoms with Crippen LogP contribution in [0.1, 0.15) is 22.1 Å². The number of aryl methyl sites for hydroxylation is 1. The quantitative estimate of drug-likeness (QED) is 0.813. The second-order valence-electron chi connectivity index (χ2n) is 3.14. The molecule has 1 atom stereocenters. The van der Waals surface area contributed by atoms with Gasteiger partial charge in [-0.05, 0) is 23.9 Å². The van der Waals surface area contributed by atoms with Gasteiger partial charge in [-0.15, -0.1) is 11.3 Å². The molecule has 2 nitrogen and oxygen atoms in total. The van der Waals surface area contributed by atoms with Gasteiger partial charge in [-0.25, -0.2) is 0 Å². The summed E-state index contributed by atoms with van der Waals surface area (Å²) in [5.74, 6) is 0. The maximum Gasteiger partial charge on any atom is 0.116 e. The molecule has 2 rings (SSSR count). The van der Waals surface area contributed by atoms with Crippen LogP contribution in [-0.4, -0.2) is 10.1 Å². The monoisotopic (exact) mass is 227 g/mol. The van der Waals surface area contributed by atoms with Gasteiger partial charge in [-0.3, -0.25) is 0 Å². The molecule has 0 saturated heterocycles. The summed E-state index contributed by atoms with van der Waals surface area (Å²) in [4.78, 5) is 3.72. The number of aromatic amines is 1. The van der Waals surface area contributed by atoms with Crippen LogP contribution in [0.15, 0.2) is 23.8 Å². The van der Waals surface area contributed by atoms with Gasteiger partial charge < -0.3 is 10.1 Å². The van der Waals surface area contributed by atoms with Gasteiger partial charge in [0.15, 0.2) is 0 Å². The molecule has 14 heavy (non-hydrogen) atoms. The summed E-state index contributed by atoms with van der Waals surface area (Å²) in [6.07, 6.45) is 2.94. The predicted molar refractivity (Wildman–Crippen MR) is 58.9 cm³/mol. The smallest absolute Gasteiger partial charge is 0.116 e. The third-order valence-corrected chi connectivity index (χ3v) is 3.88. The molecule has 74 valence electrons. The Morgan fingerprint density at radius 3 is 2.86 bits per heavy atom. The van der Waals surface area contributed by atoms with Crippen molar-refractivity contribution in [2.45, 2.75) is 13.0 Å². The van der Waals surface area contributed by atoms with Crippen molar-refractivity contribution in [3.8, 4) is 0 Å². The number of aliphatic hydroxyl groups excluding tert-OH is 1. The highest BCUT2D eigenvalue weighted by Gasteiger charge is 2.17. The first-order chi connectivity index (χ1) is 6.70. The number of aromatic nitrogens is 1. The van der Waals surface area contributed by atoms with Crippen LogP contribution in [0.5, 0.6) is 0 Å². The van der Waals surface area contributed by atoms with Crippen LogP contribution in [0.2, 0.25) is 5.02 Å². The van der Waals surface area contributed by atoms with E-state index in [4.69, 9.17) is 11.6 Å². The number of rotatable bonds is 2. The van der Waals surface area contributed by atoms with Crippen molar-refractivity contribution in [2.75, 3.05) is 0 Å². The van der Waals surface area contributed by atoms with E-state index in [0.29, 0.717) is 5.02 Å². The van der Waals surface area contributed by atoms with Crippen molar-refractivity contribution in [1.82, 2.24) is 4.98 Å². The number of hydrogen-bond acceptors (Lipinski definition) is 2.